The van der Waals surface area contributed by atoms with E-state index < -0.39 is 12.8 Å². The lowest BCUT2D eigenvalue weighted by Gasteiger charge is -2.11. The van der Waals surface area contributed by atoms with Crippen LogP contribution in [-0.4, -0.2) is 30.9 Å². The summed E-state index contributed by atoms with van der Waals surface area (Å²) in [6.45, 7) is 0.00683. The summed E-state index contributed by atoms with van der Waals surface area (Å²) in [5.41, 5.74) is 0.786. The van der Waals surface area contributed by atoms with E-state index >= 15 is 0 Å². The van der Waals surface area contributed by atoms with Crippen molar-refractivity contribution in [3.63, 3.8) is 0 Å². The van der Waals surface area contributed by atoms with Crippen molar-refractivity contribution in [2.75, 3.05) is 19.8 Å². The summed E-state index contributed by atoms with van der Waals surface area (Å²) in [5.74, 6) is 0. The van der Waals surface area contributed by atoms with Crippen molar-refractivity contribution in [1.29, 1.82) is 0 Å². The molecule has 90 valence electrons. The highest BCUT2D eigenvalue weighted by Crippen LogP contribution is 2.14. The van der Waals surface area contributed by atoms with Crippen LogP contribution in [0.5, 0.6) is 0 Å². The first kappa shape index (κ1) is 12.9. The standard InChI is InChI=1S/C10H15FN2O2S/c11-3-1-4-12-10(15)13-6-9(14)8-2-5-16-7-8/h2,5,7,9,14H,1,3-4,6H2,(H2,12,13,15). The molecule has 1 rings (SSSR count). The molecule has 1 aromatic heterocycles. The summed E-state index contributed by atoms with van der Waals surface area (Å²) in [7, 11) is 0. The molecule has 6 heteroatoms. The zero-order valence-electron chi connectivity index (χ0n) is 8.78. The average molecular weight is 246 g/mol. The lowest BCUT2D eigenvalue weighted by Crippen LogP contribution is -2.38. The summed E-state index contributed by atoms with van der Waals surface area (Å²) >= 11 is 1.49. The van der Waals surface area contributed by atoms with Gasteiger partial charge in [-0.15, -0.1) is 0 Å². The van der Waals surface area contributed by atoms with Gasteiger partial charge in [0.1, 0.15) is 0 Å². The van der Waals surface area contributed by atoms with E-state index in [-0.39, 0.29) is 12.6 Å². The van der Waals surface area contributed by atoms with Crippen molar-refractivity contribution in [2.45, 2.75) is 12.5 Å². The number of halogens is 1. The third kappa shape index (κ3) is 4.59. The second kappa shape index (κ2) is 7.19. The van der Waals surface area contributed by atoms with Gasteiger partial charge in [-0.25, -0.2) is 4.79 Å². The van der Waals surface area contributed by atoms with E-state index in [1.165, 1.54) is 11.3 Å². The summed E-state index contributed by atoms with van der Waals surface area (Å²) in [4.78, 5) is 11.1. The minimum Gasteiger partial charge on any atom is -0.387 e. The number of amides is 2. The Hall–Kier alpha value is -1.14. The first-order valence-electron chi connectivity index (χ1n) is 5.02. The maximum absolute atomic E-state index is 11.7. The quantitative estimate of drug-likeness (QED) is 0.665. The first-order valence-corrected chi connectivity index (χ1v) is 5.96. The summed E-state index contributed by atoms with van der Waals surface area (Å²) in [6.07, 6.45) is -0.390. The molecule has 1 atom stereocenters. The molecular weight excluding hydrogens is 231 g/mol. The highest BCUT2D eigenvalue weighted by molar-refractivity contribution is 7.07. The van der Waals surface area contributed by atoms with E-state index in [4.69, 9.17) is 0 Å². The number of thiophene rings is 1. The number of aliphatic hydroxyl groups excluding tert-OH is 1. The molecule has 0 saturated heterocycles. The third-order valence-corrected chi connectivity index (χ3v) is 2.68. The molecule has 0 bridgehead atoms. The largest absolute Gasteiger partial charge is 0.387 e. The number of urea groups is 1. The van der Waals surface area contributed by atoms with Crippen LogP contribution in [0.1, 0.15) is 18.1 Å². The molecule has 2 amide bonds. The molecule has 0 spiro atoms. The Morgan fingerprint density at radius 2 is 2.38 bits per heavy atom. The number of alkyl halides is 1. The molecule has 0 saturated carbocycles. The predicted octanol–water partition coefficient (Wildman–Crippen LogP) is 1.44. The number of aliphatic hydroxyl groups is 1. The smallest absolute Gasteiger partial charge is 0.314 e. The Kier molecular flexibility index (Phi) is 5.81. The fourth-order valence-corrected chi connectivity index (χ4v) is 1.81. The van der Waals surface area contributed by atoms with Gasteiger partial charge in [-0.2, -0.15) is 11.3 Å². The van der Waals surface area contributed by atoms with Gasteiger partial charge in [0, 0.05) is 13.1 Å². The Balaban J connectivity index is 2.16. The lowest BCUT2D eigenvalue weighted by atomic mass is 10.2. The molecule has 0 aromatic carbocycles. The van der Waals surface area contributed by atoms with Crippen molar-refractivity contribution >= 4 is 17.4 Å². The van der Waals surface area contributed by atoms with E-state index in [1.807, 2.05) is 10.8 Å². The van der Waals surface area contributed by atoms with Crippen LogP contribution in [0.3, 0.4) is 0 Å². The zero-order valence-corrected chi connectivity index (χ0v) is 9.60. The van der Waals surface area contributed by atoms with E-state index in [0.717, 1.165) is 5.56 Å². The van der Waals surface area contributed by atoms with Gasteiger partial charge in [0.25, 0.3) is 0 Å². The van der Waals surface area contributed by atoms with Gasteiger partial charge >= 0.3 is 6.03 Å². The van der Waals surface area contributed by atoms with Gasteiger partial charge in [0.05, 0.1) is 12.8 Å². The minimum absolute atomic E-state index is 0.151. The Bertz CT molecular complexity index is 306. The van der Waals surface area contributed by atoms with Crippen LogP contribution in [0.25, 0.3) is 0 Å². The molecule has 0 aliphatic carbocycles. The number of carbonyl (C=O) groups excluding carboxylic acids is 1. The van der Waals surface area contributed by atoms with Crippen LogP contribution in [0.15, 0.2) is 16.8 Å². The van der Waals surface area contributed by atoms with Crippen LogP contribution in [0, 0.1) is 0 Å². The third-order valence-electron chi connectivity index (χ3n) is 1.98. The normalized spacial score (nSPS) is 12.1. The van der Waals surface area contributed by atoms with Crippen LogP contribution in [0.2, 0.25) is 0 Å². The fraction of sp³-hybridized carbons (Fsp3) is 0.500. The minimum atomic E-state index is -0.696. The number of rotatable bonds is 6. The topological polar surface area (TPSA) is 61.4 Å². The molecular formula is C10H15FN2O2S. The summed E-state index contributed by atoms with van der Waals surface area (Å²) in [6, 6.07) is 1.42. The monoisotopic (exact) mass is 246 g/mol. The molecule has 0 radical (unpaired) electrons. The molecule has 0 aliphatic heterocycles. The molecule has 1 unspecified atom stereocenters. The average Bonchev–Trinajstić information content (AvgIpc) is 2.79. The van der Waals surface area contributed by atoms with Crippen molar-refractivity contribution < 1.29 is 14.3 Å². The number of hydrogen-bond donors (Lipinski definition) is 3. The Labute approximate surface area is 97.5 Å². The second-order valence-corrected chi connectivity index (χ2v) is 4.03. The summed E-state index contributed by atoms with van der Waals surface area (Å²) < 4.78 is 11.7. The van der Waals surface area contributed by atoms with Crippen LogP contribution in [0.4, 0.5) is 9.18 Å². The van der Waals surface area contributed by atoms with Crippen LogP contribution < -0.4 is 10.6 Å². The van der Waals surface area contributed by atoms with Crippen molar-refractivity contribution in [3.05, 3.63) is 22.4 Å². The molecule has 1 aromatic rings. The second-order valence-electron chi connectivity index (χ2n) is 3.25. The van der Waals surface area contributed by atoms with Gasteiger partial charge < -0.3 is 15.7 Å². The van der Waals surface area contributed by atoms with Gasteiger partial charge in [-0.05, 0) is 28.8 Å². The number of nitrogens with one attached hydrogen (secondary N) is 2. The number of hydrogen-bond acceptors (Lipinski definition) is 3. The molecule has 16 heavy (non-hydrogen) atoms. The zero-order chi connectivity index (χ0) is 11.8. The molecule has 1 heterocycles. The highest BCUT2D eigenvalue weighted by atomic mass is 32.1. The SMILES string of the molecule is O=C(NCCCF)NCC(O)c1ccsc1. The van der Waals surface area contributed by atoms with E-state index in [1.54, 1.807) is 6.07 Å². The molecule has 4 nitrogen and oxygen atoms in total. The maximum atomic E-state index is 11.7. The van der Waals surface area contributed by atoms with E-state index in [9.17, 15) is 14.3 Å². The lowest BCUT2D eigenvalue weighted by molar-refractivity contribution is 0.173. The van der Waals surface area contributed by atoms with E-state index in [0.29, 0.717) is 13.0 Å². The summed E-state index contributed by atoms with van der Waals surface area (Å²) in [5, 5.41) is 18.3. The van der Waals surface area contributed by atoms with Crippen LogP contribution >= 0.6 is 11.3 Å². The van der Waals surface area contributed by atoms with Gasteiger partial charge in [0.2, 0.25) is 0 Å². The van der Waals surface area contributed by atoms with Gasteiger partial charge in [0.15, 0.2) is 0 Å². The first-order chi connectivity index (χ1) is 7.74. The van der Waals surface area contributed by atoms with E-state index in [2.05, 4.69) is 10.6 Å². The van der Waals surface area contributed by atoms with Crippen molar-refractivity contribution in [2.24, 2.45) is 0 Å². The Morgan fingerprint density at radius 3 is 3.00 bits per heavy atom. The number of carbonyl (C=O) groups is 1. The predicted molar refractivity (Wildman–Crippen MR) is 61.3 cm³/mol. The highest BCUT2D eigenvalue weighted by Gasteiger charge is 2.08. The molecule has 0 aliphatic rings. The van der Waals surface area contributed by atoms with Gasteiger partial charge in [-0.3, -0.25) is 4.39 Å². The molecule has 0 fully saturated rings. The van der Waals surface area contributed by atoms with Crippen molar-refractivity contribution in [1.82, 2.24) is 10.6 Å². The Morgan fingerprint density at radius 1 is 1.56 bits per heavy atom. The van der Waals surface area contributed by atoms with Gasteiger partial charge in [-0.1, -0.05) is 0 Å². The maximum Gasteiger partial charge on any atom is 0.314 e. The molecule has 3 N–H and O–H groups in total. The van der Waals surface area contributed by atoms with Crippen LogP contribution in [-0.2, 0) is 0 Å². The fourth-order valence-electron chi connectivity index (χ4n) is 1.10. The van der Waals surface area contributed by atoms with Crippen molar-refractivity contribution in [3.8, 4) is 0 Å².